The number of β-amino-alcohol motifs (C(OH)–C–C–N with tert-alkyl or cyclic N) is 1. The highest BCUT2D eigenvalue weighted by atomic mass is 16.6. The normalized spacial score (nSPS) is 26.3. The Bertz CT molecular complexity index is 260. The molecule has 1 saturated heterocycles. The zero-order valence-electron chi connectivity index (χ0n) is 10.7. The van der Waals surface area contributed by atoms with Crippen molar-refractivity contribution in [3.05, 3.63) is 0 Å². The number of likely N-dealkylation sites (N-methyl/N-ethyl adjacent to an activating group) is 1. The summed E-state index contributed by atoms with van der Waals surface area (Å²) in [6.07, 6.45) is -0.849. The van der Waals surface area contributed by atoms with E-state index < -0.39 is 11.7 Å². The molecule has 5 heteroatoms. The molecule has 1 fully saturated rings. The molecule has 5 nitrogen and oxygen atoms in total. The van der Waals surface area contributed by atoms with Crippen LogP contribution in [0.1, 0.15) is 20.8 Å². The lowest BCUT2D eigenvalue weighted by molar-refractivity contribution is 0.0269. The molecule has 2 atom stereocenters. The summed E-state index contributed by atoms with van der Waals surface area (Å²) in [5.41, 5.74) is -0.488. The predicted molar refractivity (Wildman–Crippen MR) is 61.3 cm³/mol. The molecule has 1 aliphatic rings. The minimum absolute atomic E-state index is 0.00693. The van der Waals surface area contributed by atoms with Gasteiger partial charge < -0.3 is 19.6 Å². The molecule has 2 unspecified atom stereocenters. The van der Waals surface area contributed by atoms with E-state index in [1.807, 2.05) is 39.8 Å². The largest absolute Gasteiger partial charge is 0.444 e. The molecule has 1 N–H and O–H groups in total. The zero-order chi connectivity index (χ0) is 12.5. The van der Waals surface area contributed by atoms with Crippen molar-refractivity contribution in [3.8, 4) is 0 Å². The Hall–Kier alpha value is -0.810. The average molecular weight is 230 g/mol. The van der Waals surface area contributed by atoms with E-state index in [1.165, 1.54) is 0 Å². The molecular formula is C11H22N2O3. The maximum Gasteiger partial charge on any atom is 0.410 e. The number of nitrogens with zero attached hydrogens (tertiary/aromatic N) is 2. The van der Waals surface area contributed by atoms with Gasteiger partial charge >= 0.3 is 6.09 Å². The van der Waals surface area contributed by atoms with Gasteiger partial charge in [-0.15, -0.1) is 0 Å². The molecule has 0 bridgehead atoms. The molecule has 0 aromatic carbocycles. The first-order chi connectivity index (χ1) is 7.20. The van der Waals surface area contributed by atoms with Gasteiger partial charge in [0.15, 0.2) is 0 Å². The molecule has 1 heterocycles. The topological polar surface area (TPSA) is 53.0 Å². The lowest BCUT2D eigenvalue weighted by Crippen LogP contribution is -2.39. The van der Waals surface area contributed by atoms with Gasteiger partial charge in [0.25, 0.3) is 0 Å². The quantitative estimate of drug-likeness (QED) is 0.714. The van der Waals surface area contributed by atoms with E-state index >= 15 is 0 Å². The third kappa shape index (κ3) is 3.35. The number of likely N-dealkylation sites (tertiary alicyclic amines) is 1. The third-order valence-electron chi connectivity index (χ3n) is 2.57. The second kappa shape index (κ2) is 4.59. The molecule has 0 aromatic heterocycles. The molecule has 1 aliphatic heterocycles. The lowest BCUT2D eigenvalue weighted by atomic mass is 10.2. The zero-order valence-corrected chi connectivity index (χ0v) is 10.7. The van der Waals surface area contributed by atoms with Crippen LogP contribution in [0.4, 0.5) is 4.79 Å². The monoisotopic (exact) mass is 230 g/mol. The van der Waals surface area contributed by atoms with E-state index in [9.17, 15) is 9.90 Å². The van der Waals surface area contributed by atoms with Crippen molar-refractivity contribution < 1.29 is 14.6 Å². The molecule has 1 rings (SSSR count). The SMILES string of the molecule is CN(C)C1CN(C(=O)OC(C)(C)C)CC1O. The van der Waals surface area contributed by atoms with Gasteiger partial charge in [0, 0.05) is 6.54 Å². The van der Waals surface area contributed by atoms with Gasteiger partial charge in [-0.05, 0) is 34.9 Å². The number of hydrogen-bond donors (Lipinski definition) is 1. The molecule has 0 saturated carbocycles. The third-order valence-corrected chi connectivity index (χ3v) is 2.57. The van der Waals surface area contributed by atoms with E-state index in [-0.39, 0.29) is 12.1 Å². The average Bonchev–Trinajstić information content (AvgIpc) is 2.44. The van der Waals surface area contributed by atoms with Gasteiger partial charge in [0.2, 0.25) is 0 Å². The number of ether oxygens (including phenoxy) is 1. The van der Waals surface area contributed by atoms with Crippen LogP contribution in [0.15, 0.2) is 0 Å². The number of amides is 1. The standard InChI is InChI=1S/C11H22N2O3/c1-11(2,3)16-10(15)13-6-8(12(4)5)9(14)7-13/h8-9,14H,6-7H2,1-5H3. The van der Waals surface area contributed by atoms with Crippen LogP contribution in [0.2, 0.25) is 0 Å². The van der Waals surface area contributed by atoms with E-state index in [1.54, 1.807) is 4.90 Å². The highest BCUT2D eigenvalue weighted by molar-refractivity contribution is 5.68. The Morgan fingerprint density at radius 2 is 1.94 bits per heavy atom. The summed E-state index contributed by atoms with van der Waals surface area (Å²) in [4.78, 5) is 15.2. The lowest BCUT2D eigenvalue weighted by Gasteiger charge is -2.25. The van der Waals surface area contributed by atoms with Crippen molar-refractivity contribution in [2.75, 3.05) is 27.2 Å². The van der Waals surface area contributed by atoms with E-state index in [0.717, 1.165) is 0 Å². The van der Waals surface area contributed by atoms with Gasteiger partial charge in [-0.2, -0.15) is 0 Å². The van der Waals surface area contributed by atoms with Crippen LogP contribution in [0.3, 0.4) is 0 Å². The maximum atomic E-state index is 11.7. The fraction of sp³-hybridized carbons (Fsp3) is 0.909. The van der Waals surface area contributed by atoms with Crippen molar-refractivity contribution in [2.24, 2.45) is 0 Å². The summed E-state index contributed by atoms with van der Waals surface area (Å²) in [6.45, 7) is 6.36. The molecule has 0 radical (unpaired) electrons. The van der Waals surface area contributed by atoms with Crippen LogP contribution in [0, 0.1) is 0 Å². The van der Waals surface area contributed by atoms with Crippen LogP contribution in [0.5, 0.6) is 0 Å². The minimum Gasteiger partial charge on any atom is -0.444 e. The van der Waals surface area contributed by atoms with Gasteiger partial charge in [-0.3, -0.25) is 0 Å². The van der Waals surface area contributed by atoms with Crippen LogP contribution >= 0.6 is 0 Å². The van der Waals surface area contributed by atoms with Gasteiger partial charge in [-0.1, -0.05) is 0 Å². The second-order valence-corrected chi connectivity index (χ2v) is 5.48. The molecule has 0 spiro atoms. The van der Waals surface area contributed by atoms with Gasteiger partial charge in [0.05, 0.1) is 18.7 Å². The first kappa shape index (κ1) is 13.3. The number of hydrogen-bond acceptors (Lipinski definition) is 4. The van der Waals surface area contributed by atoms with Crippen molar-refractivity contribution in [2.45, 2.75) is 38.5 Å². The maximum absolute atomic E-state index is 11.7. The van der Waals surface area contributed by atoms with Crippen LogP contribution in [-0.2, 0) is 4.74 Å². The Balaban J connectivity index is 2.55. The summed E-state index contributed by atoms with van der Waals surface area (Å²) < 4.78 is 5.26. The first-order valence-electron chi connectivity index (χ1n) is 5.53. The number of carbonyl (C=O) groups is 1. The Labute approximate surface area is 97.0 Å². The number of aliphatic hydroxyl groups is 1. The van der Waals surface area contributed by atoms with E-state index in [0.29, 0.717) is 13.1 Å². The summed E-state index contributed by atoms with van der Waals surface area (Å²) in [6, 6.07) is -0.00693. The van der Waals surface area contributed by atoms with Crippen molar-refractivity contribution >= 4 is 6.09 Å². The predicted octanol–water partition coefficient (Wildman–Crippen LogP) is 0.528. The number of aliphatic hydroxyl groups excluding tert-OH is 1. The highest BCUT2D eigenvalue weighted by Crippen LogP contribution is 2.17. The highest BCUT2D eigenvalue weighted by Gasteiger charge is 2.36. The van der Waals surface area contributed by atoms with Crippen LogP contribution in [0.25, 0.3) is 0 Å². The summed E-state index contributed by atoms with van der Waals surface area (Å²) in [7, 11) is 3.79. The van der Waals surface area contributed by atoms with Gasteiger partial charge in [0.1, 0.15) is 5.60 Å². The van der Waals surface area contributed by atoms with E-state index in [4.69, 9.17) is 4.74 Å². The Morgan fingerprint density at radius 1 is 1.38 bits per heavy atom. The smallest absolute Gasteiger partial charge is 0.410 e. The molecule has 94 valence electrons. The Morgan fingerprint density at radius 3 is 2.31 bits per heavy atom. The molecule has 0 aromatic rings. The van der Waals surface area contributed by atoms with Crippen molar-refractivity contribution in [1.29, 1.82) is 0 Å². The minimum atomic E-state index is -0.498. The molecule has 0 aliphatic carbocycles. The molecule has 1 amide bonds. The van der Waals surface area contributed by atoms with Crippen LogP contribution < -0.4 is 0 Å². The van der Waals surface area contributed by atoms with E-state index in [2.05, 4.69) is 0 Å². The second-order valence-electron chi connectivity index (χ2n) is 5.48. The fourth-order valence-corrected chi connectivity index (χ4v) is 1.75. The van der Waals surface area contributed by atoms with Crippen molar-refractivity contribution in [1.82, 2.24) is 9.80 Å². The fourth-order valence-electron chi connectivity index (χ4n) is 1.75. The summed E-state index contributed by atoms with van der Waals surface area (Å²) >= 11 is 0. The molecular weight excluding hydrogens is 208 g/mol. The number of rotatable bonds is 1. The van der Waals surface area contributed by atoms with Crippen LogP contribution in [-0.4, -0.2) is 65.9 Å². The Kier molecular flexibility index (Phi) is 3.80. The molecule has 16 heavy (non-hydrogen) atoms. The summed E-state index contributed by atoms with van der Waals surface area (Å²) in [5, 5.41) is 9.79. The summed E-state index contributed by atoms with van der Waals surface area (Å²) in [5.74, 6) is 0. The van der Waals surface area contributed by atoms with Crippen molar-refractivity contribution in [3.63, 3.8) is 0 Å². The number of carbonyl (C=O) groups excluding carboxylic acids is 1. The van der Waals surface area contributed by atoms with Gasteiger partial charge in [-0.25, -0.2) is 4.79 Å². The first-order valence-corrected chi connectivity index (χ1v) is 5.53.